The van der Waals surface area contributed by atoms with Crippen molar-refractivity contribution in [1.29, 1.82) is 0 Å². The topological polar surface area (TPSA) is 62.2 Å². The molecule has 0 saturated heterocycles. The van der Waals surface area contributed by atoms with E-state index in [9.17, 15) is 9.59 Å². The van der Waals surface area contributed by atoms with Crippen LogP contribution >= 0.6 is 0 Å². The maximum atomic E-state index is 12.7. The van der Waals surface area contributed by atoms with Crippen LogP contribution < -0.4 is 9.80 Å². The van der Waals surface area contributed by atoms with E-state index in [0.29, 0.717) is 11.1 Å². The molecule has 4 rings (SSSR count). The molecule has 126 valence electrons. The highest BCUT2D eigenvalue weighted by Crippen LogP contribution is 2.38. The van der Waals surface area contributed by atoms with Gasteiger partial charge in [0.05, 0.1) is 37.1 Å². The number of benzene rings is 2. The first-order chi connectivity index (χ1) is 12.2. The number of Topliss-reactive ketones (excluding diaryl/α,β-unsaturated/α-hetero) is 1. The van der Waals surface area contributed by atoms with Crippen molar-refractivity contribution < 1.29 is 14.3 Å². The average molecular weight is 335 g/mol. The second-order valence-electron chi connectivity index (χ2n) is 5.90. The number of ketones is 1. The molecule has 2 aliphatic rings. The summed E-state index contributed by atoms with van der Waals surface area (Å²) in [6.07, 6.45) is 0. The summed E-state index contributed by atoms with van der Waals surface area (Å²) in [4.78, 5) is 32.9. The van der Waals surface area contributed by atoms with Crippen LogP contribution in [-0.2, 0) is 4.74 Å². The van der Waals surface area contributed by atoms with E-state index in [2.05, 4.69) is 14.6 Å². The molecule has 2 aromatic rings. The Labute approximate surface area is 145 Å². The number of rotatable bonds is 4. The monoisotopic (exact) mass is 335 g/mol. The van der Waals surface area contributed by atoms with Crippen molar-refractivity contribution in [2.24, 2.45) is 4.99 Å². The average Bonchev–Trinajstić information content (AvgIpc) is 3.24. The predicted octanol–water partition coefficient (Wildman–Crippen LogP) is 2.35. The summed E-state index contributed by atoms with van der Waals surface area (Å²) in [6.45, 7) is 1.79. The number of para-hydroxylation sites is 2. The van der Waals surface area contributed by atoms with Crippen LogP contribution in [0.3, 0.4) is 0 Å². The third-order valence-corrected chi connectivity index (χ3v) is 4.45. The highest BCUT2D eigenvalue weighted by atomic mass is 16.5. The van der Waals surface area contributed by atoms with E-state index in [1.165, 1.54) is 7.11 Å². The molecule has 0 bridgehead atoms. The Bertz CT molecular complexity index is 874. The number of methoxy groups -OCH3 is 1. The fourth-order valence-electron chi connectivity index (χ4n) is 3.22. The maximum Gasteiger partial charge on any atom is 0.337 e. The number of carbonyl (C=O) groups excluding carboxylic acids is 2. The van der Waals surface area contributed by atoms with Gasteiger partial charge in [0.1, 0.15) is 0 Å². The molecular formula is C19H17N3O3. The number of carbonyl (C=O) groups is 2. The fourth-order valence-corrected chi connectivity index (χ4v) is 3.22. The lowest BCUT2D eigenvalue weighted by molar-refractivity contribution is 0.0600. The summed E-state index contributed by atoms with van der Waals surface area (Å²) in [6, 6.07) is 14.5. The summed E-state index contributed by atoms with van der Waals surface area (Å²) < 4.78 is 4.68. The van der Waals surface area contributed by atoms with Crippen LogP contribution in [0.25, 0.3) is 0 Å². The van der Waals surface area contributed by atoms with Gasteiger partial charge in [-0.05, 0) is 24.3 Å². The van der Waals surface area contributed by atoms with Crippen molar-refractivity contribution >= 4 is 29.1 Å². The molecule has 2 heterocycles. The van der Waals surface area contributed by atoms with Crippen LogP contribution in [0.1, 0.15) is 20.7 Å². The van der Waals surface area contributed by atoms with E-state index in [0.717, 1.165) is 30.4 Å². The second kappa shape index (κ2) is 6.05. The SMILES string of the molecule is COC(=O)c1ccc(C(=O)CN2C3=NCCN3c3ccccc32)cc1. The van der Waals surface area contributed by atoms with Crippen LogP contribution in [0, 0.1) is 0 Å². The summed E-state index contributed by atoms with van der Waals surface area (Å²) in [5.74, 6) is 0.395. The number of guanidine groups is 1. The summed E-state index contributed by atoms with van der Waals surface area (Å²) in [5, 5.41) is 0. The highest BCUT2D eigenvalue weighted by molar-refractivity contribution is 6.20. The molecule has 6 heteroatoms. The Kier molecular flexibility index (Phi) is 3.72. The number of esters is 1. The Balaban J connectivity index is 1.57. The first kappa shape index (κ1) is 15.4. The third-order valence-electron chi connectivity index (χ3n) is 4.45. The zero-order valence-corrected chi connectivity index (χ0v) is 13.8. The lowest BCUT2D eigenvalue weighted by atomic mass is 10.1. The molecule has 25 heavy (non-hydrogen) atoms. The molecule has 6 nitrogen and oxygen atoms in total. The quantitative estimate of drug-likeness (QED) is 0.634. The molecule has 0 radical (unpaired) electrons. The molecule has 0 spiro atoms. The van der Waals surface area contributed by atoms with E-state index < -0.39 is 5.97 Å². The van der Waals surface area contributed by atoms with Gasteiger partial charge in [-0.1, -0.05) is 24.3 Å². The van der Waals surface area contributed by atoms with Gasteiger partial charge in [-0.25, -0.2) is 4.79 Å². The number of ether oxygens (including phenoxy) is 1. The first-order valence-electron chi connectivity index (χ1n) is 8.09. The molecule has 0 amide bonds. The molecule has 0 aromatic heterocycles. The predicted molar refractivity (Wildman–Crippen MR) is 95.5 cm³/mol. The molecule has 2 aromatic carbocycles. The Morgan fingerprint density at radius 2 is 1.72 bits per heavy atom. The van der Waals surface area contributed by atoms with Crippen molar-refractivity contribution in [2.45, 2.75) is 0 Å². The molecule has 2 aliphatic heterocycles. The Morgan fingerprint density at radius 1 is 1.04 bits per heavy atom. The Hall–Kier alpha value is -3.15. The van der Waals surface area contributed by atoms with E-state index in [-0.39, 0.29) is 12.3 Å². The Morgan fingerprint density at radius 3 is 2.44 bits per heavy atom. The van der Waals surface area contributed by atoms with Crippen LogP contribution in [0.15, 0.2) is 53.5 Å². The number of anilines is 2. The largest absolute Gasteiger partial charge is 0.465 e. The number of hydrogen-bond donors (Lipinski definition) is 0. The normalized spacial score (nSPS) is 14.8. The molecule has 0 fully saturated rings. The van der Waals surface area contributed by atoms with Gasteiger partial charge in [0.2, 0.25) is 5.96 Å². The van der Waals surface area contributed by atoms with Gasteiger partial charge < -0.3 is 14.5 Å². The minimum absolute atomic E-state index is 0.0253. The standard InChI is InChI=1S/C19H17N3O3/c1-25-18(24)14-8-6-13(7-9-14)17(23)12-22-16-5-3-2-4-15(16)21-11-10-20-19(21)22/h2-9H,10-12H2,1H3. The second-order valence-corrected chi connectivity index (χ2v) is 5.90. The molecule has 0 saturated carbocycles. The van der Waals surface area contributed by atoms with E-state index in [1.54, 1.807) is 24.3 Å². The number of fused-ring (bicyclic) bond motifs is 3. The smallest absolute Gasteiger partial charge is 0.337 e. The van der Waals surface area contributed by atoms with Gasteiger partial charge >= 0.3 is 5.97 Å². The van der Waals surface area contributed by atoms with Gasteiger partial charge in [-0.15, -0.1) is 0 Å². The molecule has 0 N–H and O–H groups in total. The number of aliphatic imine (C=N–C) groups is 1. The zero-order chi connectivity index (χ0) is 17.4. The molecule has 0 aliphatic carbocycles. The lowest BCUT2D eigenvalue weighted by Gasteiger charge is -2.18. The lowest BCUT2D eigenvalue weighted by Crippen LogP contribution is -2.38. The van der Waals surface area contributed by atoms with E-state index in [4.69, 9.17) is 0 Å². The van der Waals surface area contributed by atoms with Gasteiger partial charge in [-0.3, -0.25) is 9.79 Å². The summed E-state index contributed by atoms with van der Waals surface area (Å²) >= 11 is 0. The highest BCUT2D eigenvalue weighted by Gasteiger charge is 2.35. The van der Waals surface area contributed by atoms with Gasteiger partial charge in [0, 0.05) is 12.1 Å². The minimum Gasteiger partial charge on any atom is -0.465 e. The first-order valence-corrected chi connectivity index (χ1v) is 8.09. The molecule has 0 atom stereocenters. The van der Waals surface area contributed by atoms with Crippen LogP contribution in [-0.4, -0.2) is 44.5 Å². The van der Waals surface area contributed by atoms with Crippen molar-refractivity contribution in [1.82, 2.24) is 0 Å². The van der Waals surface area contributed by atoms with Crippen LogP contribution in [0.4, 0.5) is 11.4 Å². The van der Waals surface area contributed by atoms with Gasteiger partial charge in [0.25, 0.3) is 0 Å². The van der Waals surface area contributed by atoms with Crippen molar-refractivity contribution in [3.8, 4) is 0 Å². The van der Waals surface area contributed by atoms with Gasteiger partial charge in [-0.2, -0.15) is 0 Å². The molecule has 0 unspecified atom stereocenters. The van der Waals surface area contributed by atoms with Crippen molar-refractivity contribution in [3.05, 3.63) is 59.7 Å². The van der Waals surface area contributed by atoms with Crippen molar-refractivity contribution in [2.75, 3.05) is 36.5 Å². The number of hydrogen-bond acceptors (Lipinski definition) is 6. The van der Waals surface area contributed by atoms with E-state index in [1.807, 2.05) is 29.2 Å². The third kappa shape index (κ3) is 2.55. The van der Waals surface area contributed by atoms with Crippen molar-refractivity contribution in [3.63, 3.8) is 0 Å². The summed E-state index contributed by atoms with van der Waals surface area (Å²) in [7, 11) is 1.33. The fraction of sp³-hybridized carbons (Fsp3) is 0.211. The van der Waals surface area contributed by atoms with Crippen LogP contribution in [0.5, 0.6) is 0 Å². The number of nitrogens with zero attached hydrogens (tertiary/aromatic N) is 3. The zero-order valence-electron chi connectivity index (χ0n) is 13.8. The summed E-state index contributed by atoms with van der Waals surface area (Å²) in [5.41, 5.74) is 3.08. The van der Waals surface area contributed by atoms with Gasteiger partial charge in [0.15, 0.2) is 5.78 Å². The van der Waals surface area contributed by atoms with E-state index >= 15 is 0 Å². The van der Waals surface area contributed by atoms with Crippen LogP contribution in [0.2, 0.25) is 0 Å². The molecular weight excluding hydrogens is 318 g/mol. The minimum atomic E-state index is -0.413. The maximum absolute atomic E-state index is 12.7.